The fourth-order valence-corrected chi connectivity index (χ4v) is 2.92. The monoisotopic (exact) mass is 212 g/mol. The molecule has 90 valence electrons. The van der Waals surface area contributed by atoms with E-state index in [1.165, 1.54) is 32.5 Å². The number of rotatable bonds is 4. The van der Waals surface area contributed by atoms with Gasteiger partial charge in [-0.15, -0.1) is 0 Å². The van der Waals surface area contributed by atoms with E-state index in [-0.39, 0.29) is 0 Å². The van der Waals surface area contributed by atoms with Gasteiger partial charge in [0, 0.05) is 13.1 Å². The third kappa shape index (κ3) is 3.76. The SMILES string of the molecule is CC(C)CN1CCC(CCN)C(C)(C)C1. The number of hydrogen-bond acceptors (Lipinski definition) is 2. The highest BCUT2D eigenvalue weighted by atomic mass is 15.1. The van der Waals surface area contributed by atoms with Gasteiger partial charge in [0.15, 0.2) is 0 Å². The van der Waals surface area contributed by atoms with Gasteiger partial charge in [-0.2, -0.15) is 0 Å². The highest BCUT2D eigenvalue weighted by Crippen LogP contribution is 2.36. The van der Waals surface area contributed by atoms with Gasteiger partial charge in [0.25, 0.3) is 0 Å². The number of hydrogen-bond donors (Lipinski definition) is 1. The molecule has 0 bridgehead atoms. The van der Waals surface area contributed by atoms with Crippen LogP contribution in [0.2, 0.25) is 0 Å². The van der Waals surface area contributed by atoms with E-state index >= 15 is 0 Å². The van der Waals surface area contributed by atoms with Gasteiger partial charge in [-0.05, 0) is 43.2 Å². The lowest BCUT2D eigenvalue weighted by atomic mass is 9.72. The van der Waals surface area contributed by atoms with Gasteiger partial charge >= 0.3 is 0 Å². The molecule has 1 atom stereocenters. The molecule has 1 fully saturated rings. The molecule has 0 aliphatic carbocycles. The molecule has 0 amide bonds. The van der Waals surface area contributed by atoms with Crippen LogP contribution in [0.5, 0.6) is 0 Å². The summed E-state index contributed by atoms with van der Waals surface area (Å²) in [7, 11) is 0. The topological polar surface area (TPSA) is 29.3 Å². The molecule has 2 N–H and O–H groups in total. The van der Waals surface area contributed by atoms with Crippen molar-refractivity contribution in [3.05, 3.63) is 0 Å². The fraction of sp³-hybridized carbons (Fsp3) is 1.00. The van der Waals surface area contributed by atoms with Crippen LogP contribution in [0.15, 0.2) is 0 Å². The highest BCUT2D eigenvalue weighted by molar-refractivity contribution is 4.87. The van der Waals surface area contributed by atoms with E-state index in [4.69, 9.17) is 5.73 Å². The minimum absolute atomic E-state index is 0.451. The second-order valence-corrected chi connectivity index (χ2v) is 6.18. The summed E-state index contributed by atoms with van der Waals surface area (Å²) in [5.74, 6) is 1.61. The zero-order valence-electron chi connectivity index (χ0n) is 10.9. The Labute approximate surface area is 95.2 Å². The van der Waals surface area contributed by atoms with Crippen molar-refractivity contribution in [1.29, 1.82) is 0 Å². The molecule has 1 aliphatic rings. The first kappa shape index (κ1) is 13.0. The van der Waals surface area contributed by atoms with Crippen LogP contribution in [0.4, 0.5) is 0 Å². The summed E-state index contributed by atoms with van der Waals surface area (Å²) >= 11 is 0. The average molecular weight is 212 g/mol. The number of nitrogens with zero attached hydrogens (tertiary/aromatic N) is 1. The standard InChI is InChI=1S/C13H28N2/c1-11(2)9-15-8-6-12(5-7-14)13(3,4)10-15/h11-12H,5-10,14H2,1-4H3. The fourth-order valence-electron chi connectivity index (χ4n) is 2.92. The van der Waals surface area contributed by atoms with E-state index in [9.17, 15) is 0 Å². The third-order valence-corrected chi connectivity index (χ3v) is 3.67. The lowest BCUT2D eigenvalue weighted by Gasteiger charge is -2.45. The molecule has 15 heavy (non-hydrogen) atoms. The Morgan fingerprint density at radius 3 is 2.53 bits per heavy atom. The number of piperidine rings is 1. The number of nitrogens with two attached hydrogens (primary N) is 1. The van der Waals surface area contributed by atoms with Crippen LogP contribution in [0.25, 0.3) is 0 Å². The summed E-state index contributed by atoms with van der Waals surface area (Å²) in [5.41, 5.74) is 6.13. The molecule has 0 aromatic heterocycles. The molecule has 2 nitrogen and oxygen atoms in total. The van der Waals surface area contributed by atoms with Crippen LogP contribution >= 0.6 is 0 Å². The molecule has 1 heterocycles. The Morgan fingerprint density at radius 1 is 1.40 bits per heavy atom. The van der Waals surface area contributed by atoms with Crippen LogP contribution in [-0.4, -0.2) is 31.1 Å². The van der Waals surface area contributed by atoms with E-state index in [0.29, 0.717) is 5.41 Å². The summed E-state index contributed by atoms with van der Waals surface area (Å²) in [4.78, 5) is 2.62. The Morgan fingerprint density at radius 2 is 2.07 bits per heavy atom. The minimum atomic E-state index is 0.451. The molecule has 1 aliphatic heterocycles. The Kier molecular flexibility index (Phi) is 4.60. The molecular weight excluding hydrogens is 184 g/mol. The molecule has 0 aromatic rings. The maximum Gasteiger partial charge on any atom is 0.00355 e. The second-order valence-electron chi connectivity index (χ2n) is 6.18. The van der Waals surface area contributed by atoms with Crippen LogP contribution in [0.3, 0.4) is 0 Å². The first-order valence-electron chi connectivity index (χ1n) is 6.38. The predicted molar refractivity (Wildman–Crippen MR) is 66.8 cm³/mol. The van der Waals surface area contributed by atoms with Crippen molar-refractivity contribution in [1.82, 2.24) is 4.90 Å². The Balaban J connectivity index is 2.48. The number of likely N-dealkylation sites (tertiary alicyclic amines) is 1. The Hall–Kier alpha value is -0.0800. The molecule has 0 spiro atoms. The summed E-state index contributed by atoms with van der Waals surface area (Å²) in [6.07, 6.45) is 2.53. The van der Waals surface area contributed by atoms with Gasteiger partial charge in [-0.1, -0.05) is 27.7 Å². The predicted octanol–water partition coefficient (Wildman–Crippen LogP) is 2.34. The van der Waals surface area contributed by atoms with Gasteiger partial charge < -0.3 is 10.6 Å². The molecule has 0 aromatic carbocycles. The minimum Gasteiger partial charge on any atom is -0.330 e. The van der Waals surface area contributed by atoms with Gasteiger partial charge in [0.05, 0.1) is 0 Å². The van der Waals surface area contributed by atoms with Crippen molar-refractivity contribution in [2.45, 2.75) is 40.5 Å². The third-order valence-electron chi connectivity index (χ3n) is 3.67. The van der Waals surface area contributed by atoms with E-state index in [1.54, 1.807) is 0 Å². The second kappa shape index (κ2) is 5.31. The van der Waals surface area contributed by atoms with E-state index < -0.39 is 0 Å². The zero-order valence-corrected chi connectivity index (χ0v) is 10.9. The zero-order chi connectivity index (χ0) is 11.5. The molecule has 1 rings (SSSR count). The van der Waals surface area contributed by atoms with E-state index in [0.717, 1.165) is 18.4 Å². The van der Waals surface area contributed by atoms with Crippen LogP contribution in [0.1, 0.15) is 40.5 Å². The van der Waals surface area contributed by atoms with Gasteiger partial charge in [0.1, 0.15) is 0 Å². The molecule has 2 heteroatoms. The lowest BCUT2D eigenvalue weighted by Crippen LogP contribution is -2.47. The van der Waals surface area contributed by atoms with Crippen molar-refractivity contribution in [3.63, 3.8) is 0 Å². The maximum absolute atomic E-state index is 5.68. The highest BCUT2D eigenvalue weighted by Gasteiger charge is 2.34. The van der Waals surface area contributed by atoms with Crippen LogP contribution < -0.4 is 5.73 Å². The van der Waals surface area contributed by atoms with Crippen LogP contribution in [-0.2, 0) is 0 Å². The largest absolute Gasteiger partial charge is 0.330 e. The quantitative estimate of drug-likeness (QED) is 0.775. The van der Waals surface area contributed by atoms with Gasteiger partial charge in [-0.3, -0.25) is 0 Å². The van der Waals surface area contributed by atoms with Crippen molar-refractivity contribution in [2.24, 2.45) is 23.0 Å². The molecule has 1 unspecified atom stereocenters. The molecule has 0 radical (unpaired) electrons. The average Bonchev–Trinajstić information content (AvgIpc) is 2.08. The first-order chi connectivity index (χ1) is 6.95. The smallest absolute Gasteiger partial charge is 0.00355 e. The van der Waals surface area contributed by atoms with Crippen molar-refractivity contribution < 1.29 is 0 Å². The van der Waals surface area contributed by atoms with E-state index in [1.807, 2.05) is 0 Å². The molecular formula is C13H28N2. The summed E-state index contributed by atoms with van der Waals surface area (Å²) in [6, 6.07) is 0. The van der Waals surface area contributed by atoms with Crippen molar-refractivity contribution in [2.75, 3.05) is 26.2 Å². The Bertz CT molecular complexity index is 187. The summed E-state index contributed by atoms with van der Waals surface area (Å²) < 4.78 is 0. The first-order valence-corrected chi connectivity index (χ1v) is 6.38. The van der Waals surface area contributed by atoms with E-state index in [2.05, 4.69) is 32.6 Å². The normalized spacial score (nSPS) is 27.2. The van der Waals surface area contributed by atoms with Crippen molar-refractivity contribution >= 4 is 0 Å². The lowest BCUT2D eigenvalue weighted by molar-refractivity contribution is 0.0452. The molecule has 0 saturated carbocycles. The van der Waals surface area contributed by atoms with Crippen LogP contribution in [0, 0.1) is 17.3 Å². The summed E-state index contributed by atoms with van der Waals surface area (Å²) in [5, 5.41) is 0. The molecule has 1 saturated heterocycles. The van der Waals surface area contributed by atoms with Gasteiger partial charge in [0.2, 0.25) is 0 Å². The van der Waals surface area contributed by atoms with Gasteiger partial charge in [-0.25, -0.2) is 0 Å². The van der Waals surface area contributed by atoms with Crippen molar-refractivity contribution in [3.8, 4) is 0 Å². The maximum atomic E-state index is 5.68. The summed E-state index contributed by atoms with van der Waals surface area (Å²) in [6.45, 7) is 14.0.